The van der Waals surface area contributed by atoms with E-state index < -0.39 is 10.0 Å². The molecular weight excluding hydrogens is 280 g/mol. The first-order valence-corrected chi connectivity index (χ1v) is 8.97. The number of hydrogen-bond donors (Lipinski definition) is 1. The van der Waals surface area contributed by atoms with Crippen molar-refractivity contribution in [2.24, 2.45) is 0 Å². The molecule has 110 valence electrons. The minimum atomic E-state index is -3.32. The molecule has 1 heterocycles. The highest BCUT2D eigenvalue weighted by Crippen LogP contribution is 2.28. The summed E-state index contributed by atoms with van der Waals surface area (Å²) in [5, 5.41) is 3.07. The molecule has 1 aromatic heterocycles. The zero-order chi connectivity index (χ0) is 14.5. The van der Waals surface area contributed by atoms with E-state index in [-0.39, 0.29) is 0 Å². The lowest BCUT2D eigenvalue weighted by Crippen LogP contribution is -2.32. The molecule has 0 bridgehead atoms. The van der Waals surface area contributed by atoms with E-state index in [1.807, 2.05) is 27.8 Å². The van der Waals surface area contributed by atoms with Crippen LogP contribution in [0.4, 0.5) is 0 Å². The number of thiophene rings is 1. The Balaban J connectivity index is 3.06. The maximum absolute atomic E-state index is 12.6. The summed E-state index contributed by atoms with van der Waals surface area (Å²) in [6, 6.07) is 1.80. The molecular formula is C13H24N2O2S2. The van der Waals surface area contributed by atoms with E-state index in [2.05, 4.69) is 5.32 Å². The van der Waals surface area contributed by atoms with Crippen molar-refractivity contribution in [2.75, 3.05) is 20.1 Å². The Morgan fingerprint density at radius 1 is 1.26 bits per heavy atom. The predicted molar refractivity (Wildman–Crippen MR) is 81.2 cm³/mol. The van der Waals surface area contributed by atoms with Gasteiger partial charge in [0.2, 0.25) is 0 Å². The molecule has 0 aromatic carbocycles. The molecule has 0 fully saturated rings. The number of aryl methyl sites for hydroxylation is 1. The van der Waals surface area contributed by atoms with Gasteiger partial charge >= 0.3 is 0 Å². The second-order valence-electron chi connectivity index (χ2n) is 4.61. The smallest absolute Gasteiger partial charge is 0.252 e. The van der Waals surface area contributed by atoms with Gasteiger partial charge in [0.15, 0.2) is 0 Å². The molecule has 1 aromatic rings. The van der Waals surface area contributed by atoms with Gasteiger partial charge in [0.05, 0.1) is 0 Å². The Morgan fingerprint density at radius 2 is 1.84 bits per heavy atom. The average molecular weight is 304 g/mol. The minimum absolute atomic E-state index is 0.470. The van der Waals surface area contributed by atoms with Gasteiger partial charge in [0.25, 0.3) is 10.0 Å². The zero-order valence-corrected chi connectivity index (χ0v) is 13.8. The van der Waals surface area contributed by atoms with E-state index in [4.69, 9.17) is 0 Å². The van der Waals surface area contributed by atoms with Gasteiger partial charge < -0.3 is 5.32 Å². The predicted octanol–water partition coefficient (Wildman–Crippen LogP) is 2.59. The molecule has 1 rings (SSSR count). The van der Waals surface area contributed by atoms with Crippen LogP contribution in [-0.2, 0) is 16.6 Å². The molecule has 19 heavy (non-hydrogen) atoms. The summed E-state index contributed by atoms with van der Waals surface area (Å²) in [5.74, 6) is 0. The van der Waals surface area contributed by atoms with Crippen molar-refractivity contribution in [3.8, 4) is 0 Å². The van der Waals surface area contributed by atoms with Crippen LogP contribution in [0.1, 0.15) is 37.1 Å². The maximum atomic E-state index is 12.6. The summed E-state index contributed by atoms with van der Waals surface area (Å²) in [6.07, 6.45) is 1.68. The van der Waals surface area contributed by atoms with Crippen LogP contribution in [0.15, 0.2) is 10.3 Å². The number of nitrogens with zero attached hydrogens (tertiary/aromatic N) is 1. The number of nitrogens with one attached hydrogen (secondary N) is 1. The zero-order valence-electron chi connectivity index (χ0n) is 12.2. The van der Waals surface area contributed by atoms with Crippen LogP contribution in [0, 0.1) is 6.92 Å². The average Bonchev–Trinajstić information content (AvgIpc) is 2.72. The Bertz CT molecular complexity index is 489. The molecule has 1 N–H and O–H groups in total. The molecule has 0 aliphatic heterocycles. The third kappa shape index (κ3) is 4.02. The fraction of sp³-hybridized carbons (Fsp3) is 0.692. The second-order valence-corrected chi connectivity index (χ2v) is 7.91. The fourth-order valence-corrected chi connectivity index (χ4v) is 5.31. The van der Waals surface area contributed by atoms with Crippen LogP contribution in [0.5, 0.6) is 0 Å². The highest BCUT2D eigenvalue weighted by molar-refractivity contribution is 7.91. The molecule has 0 unspecified atom stereocenters. The Labute approximate surface area is 120 Å². The van der Waals surface area contributed by atoms with Crippen molar-refractivity contribution >= 4 is 21.4 Å². The molecule has 0 radical (unpaired) electrons. The molecule has 0 amide bonds. The molecule has 0 aliphatic rings. The van der Waals surface area contributed by atoms with Gasteiger partial charge in [-0.05, 0) is 38.4 Å². The Kier molecular flexibility index (Phi) is 6.46. The normalized spacial score (nSPS) is 12.3. The molecule has 0 spiro atoms. The monoisotopic (exact) mass is 304 g/mol. The van der Waals surface area contributed by atoms with E-state index in [1.165, 1.54) is 11.3 Å². The molecule has 6 heteroatoms. The summed E-state index contributed by atoms with van der Waals surface area (Å²) in [4.78, 5) is 1.09. The molecule has 0 saturated carbocycles. The van der Waals surface area contributed by atoms with Crippen LogP contribution in [0.25, 0.3) is 0 Å². The lowest BCUT2D eigenvalue weighted by Gasteiger charge is -2.19. The van der Waals surface area contributed by atoms with Crippen molar-refractivity contribution in [2.45, 2.75) is 44.4 Å². The van der Waals surface area contributed by atoms with Crippen LogP contribution < -0.4 is 5.32 Å². The Morgan fingerprint density at radius 3 is 2.32 bits per heavy atom. The van der Waals surface area contributed by atoms with Crippen molar-refractivity contribution in [1.29, 1.82) is 0 Å². The molecule has 0 aliphatic carbocycles. The van der Waals surface area contributed by atoms with Gasteiger partial charge in [0.1, 0.15) is 4.21 Å². The first-order valence-electron chi connectivity index (χ1n) is 6.71. The van der Waals surface area contributed by atoms with E-state index in [0.717, 1.165) is 23.3 Å². The van der Waals surface area contributed by atoms with Crippen molar-refractivity contribution in [3.63, 3.8) is 0 Å². The lowest BCUT2D eigenvalue weighted by atomic mass is 10.3. The summed E-state index contributed by atoms with van der Waals surface area (Å²) in [7, 11) is -1.45. The number of rotatable bonds is 8. The maximum Gasteiger partial charge on any atom is 0.252 e. The van der Waals surface area contributed by atoms with E-state index in [1.54, 1.807) is 10.4 Å². The van der Waals surface area contributed by atoms with E-state index in [0.29, 0.717) is 23.8 Å². The van der Waals surface area contributed by atoms with Gasteiger partial charge in [-0.2, -0.15) is 4.31 Å². The van der Waals surface area contributed by atoms with Gasteiger partial charge in [-0.3, -0.25) is 0 Å². The standard InChI is InChI=1S/C13H24N2O2S2/c1-5-7-15(8-6-2)19(16,17)13-9-11(3)12(18-13)10-14-4/h9,14H,5-8,10H2,1-4H3. The van der Waals surface area contributed by atoms with Crippen molar-refractivity contribution < 1.29 is 8.42 Å². The van der Waals surface area contributed by atoms with Crippen molar-refractivity contribution in [3.05, 3.63) is 16.5 Å². The third-order valence-corrected chi connectivity index (χ3v) is 6.46. The quantitative estimate of drug-likeness (QED) is 0.803. The topological polar surface area (TPSA) is 49.4 Å². The highest BCUT2D eigenvalue weighted by atomic mass is 32.2. The van der Waals surface area contributed by atoms with E-state index in [9.17, 15) is 8.42 Å². The first kappa shape index (κ1) is 16.6. The molecule has 4 nitrogen and oxygen atoms in total. The van der Waals surface area contributed by atoms with Gasteiger partial charge in [-0.25, -0.2) is 8.42 Å². The summed E-state index contributed by atoms with van der Waals surface area (Å²) in [5.41, 5.74) is 1.05. The van der Waals surface area contributed by atoms with Gasteiger partial charge in [-0.15, -0.1) is 11.3 Å². The largest absolute Gasteiger partial charge is 0.315 e. The fourth-order valence-electron chi connectivity index (χ4n) is 1.93. The first-order chi connectivity index (χ1) is 8.97. The number of sulfonamides is 1. The van der Waals surface area contributed by atoms with Gasteiger partial charge in [0, 0.05) is 24.5 Å². The lowest BCUT2D eigenvalue weighted by molar-refractivity contribution is 0.411. The van der Waals surface area contributed by atoms with E-state index >= 15 is 0 Å². The minimum Gasteiger partial charge on any atom is -0.315 e. The Hall–Kier alpha value is -0.430. The number of hydrogen-bond acceptors (Lipinski definition) is 4. The SMILES string of the molecule is CCCN(CCC)S(=O)(=O)c1cc(C)c(CNC)s1. The summed E-state index contributed by atoms with van der Waals surface area (Å²) >= 11 is 1.38. The van der Waals surface area contributed by atoms with Crippen LogP contribution in [0.2, 0.25) is 0 Å². The molecule has 0 saturated heterocycles. The summed E-state index contributed by atoms with van der Waals surface area (Å²) < 4.78 is 27.3. The summed E-state index contributed by atoms with van der Waals surface area (Å²) in [6.45, 7) is 7.87. The van der Waals surface area contributed by atoms with Crippen LogP contribution >= 0.6 is 11.3 Å². The second kappa shape index (κ2) is 7.38. The molecule has 0 atom stereocenters. The van der Waals surface area contributed by atoms with Crippen LogP contribution in [0.3, 0.4) is 0 Å². The highest BCUT2D eigenvalue weighted by Gasteiger charge is 2.25. The third-order valence-electron chi connectivity index (χ3n) is 2.88. The van der Waals surface area contributed by atoms with Gasteiger partial charge in [-0.1, -0.05) is 13.8 Å². The van der Waals surface area contributed by atoms with Crippen LogP contribution in [-0.4, -0.2) is 32.9 Å². The van der Waals surface area contributed by atoms with Crippen molar-refractivity contribution in [1.82, 2.24) is 9.62 Å².